The second-order valence-corrected chi connectivity index (χ2v) is 6.72. The first-order valence-corrected chi connectivity index (χ1v) is 9.31. The molecule has 0 N–H and O–H groups in total. The third-order valence-electron chi connectivity index (χ3n) is 4.46. The first kappa shape index (κ1) is 16.9. The molecule has 2 amide bonds. The average molecular weight is 348 g/mol. The molecule has 0 aromatic carbocycles. The van der Waals surface area contributed by atoms with Crippen LogP contribution in [-0.4, -0.2) is 57.9 Å². The number of thioether (sulfide) groups is 1. The lowest BCUT2D eigenvalue weighted by atomic mass is 9.98. The van der Waals surface area contributed by atoms with Gasteiger partial charge in [0.25, 0.3) is 0 Å². The molecule has 1 fully saturated rings. The van der Waals surface area contributed by atoms with Gasteiger partial charge in [-0.2, -0.15) is 0 Å². The zero-order chi connectivity index (χ0) is 17.3. The van der Waals surface area contributed by atoms with E-state index in [1.807, 2.05) is 13.2 Å². The van der Waals surface area contributed by atoms with E-state index in [1.165, 1.54) is 18.0 Å². The molecule has 1 saturated heterocycles. The smallest absolute Gasteiger partial charge is 0.236 e. The van der Waals surface area contributed by atoms with E-state index >= 15 is 0 Å². The Bertz CT molecular complexity index is 694. The second kappa shape index (κ2) is 6.88. The average Bonchev–Trinajstić information content (AvgIpc) is 2.60. The maximum atomic E-state index is 12.5. The Morgan fingerprint density at radius 1 is 1.42 bits per heavy atom. The zero-order valence-electron chi connectivity index (χ0n) is 13.8. The fourth-order valence-electron chi connectivity index (χ4n) is 3.26. The van der Waals surface area contributed by atoms with Crippen LogP contribution in [0.1, 0.15) is 43.0 Å². The number of carbonyl (C=O) groups is 3. The summed E-state index contributed by atoms with van der Waals surface area (Å²) >= 11 is 1.37. The van der Waals surface area contributed by atoms with Gasteiger partial charge in [-0.1, -0.05) is 18.7 Å². The number of anilines is 1. The molecular formula is C16H20N4O3S. The van der Waals surface area contributed by atoms with E-state index in [2.05, 4.69) is 9.97 Å². The molecule has 1 aromatic heterocycles. The molecule has 2 aliphatic rings. The van der Waals surface area contributed by atoms with Crippen LogP contribution < -0.4 is 4.90 Å². The number of rotatable bonds is 3. The molecule has 24 heavy (non-hydrogen) atoms. The lowest BCUT2D eigenvalue weighted by Gasteiger charge is -2.40. The van der Waals surface area contributed by atoms with Crippen molar-refractivity contribution in [1.29, 1.82) is 0 Å². The van der Waals surface area contributed by atoms with Crippen LogP contribution in [0.4, 0.5) is 5.82 Å². The molecule has 2 aliphatic heterocycles. The summed E-state index contributed by atoms with van der Waals surface area (Å²) < 4.78 is 0. The van der Waals surface area contributed by atoms with Crippen molar-refractivity contribution in [3.05, 3.63) is 11.8 Å². The molecule has 128 valence electrons. The molecule has 0 aliphatic carbocycles. The fourth-order valence-corrected chi connectivity index (χ4v) is 3.60. The molecule has 7 nitrogen and oxygen atoms in total. The van der Waals surface area contributed by atoms with Gasteiger partial charge in [0.2, 0.25) is 11.8 Å². The monoisotopic (exact) mass is 348 g/mol. The number of aromatic nitrogens is 2. The Hall–Kier alpha value is -1.96. The molecule has 3 rings (SSSR count). The van der Waals surface area contributed by atoms with Gasteiger partial charge in [-0.25, -0.2) is 9.97 Å². The van der Waals surface area contributed by atoms with Crippen LogP contribution >= 0.6 is 11.8 Å². The summed E-state index contributed by atoms with van der Waals surface area (Å²) in [6.07, 6.45) is 5.28. The molecule has 1 aromatic rings. The number of hydrogen-bond donors (Lipinski definition) is 0. The summed E-state index contributed by atoms with van der Waals surface area (Å²) in [5.74, 6) is 0.00426. The predicted octanol–water partition coefficient (Wildman–Crippen LogP) is 1.52. The first-order valence-electron chi connectivity index (χ1n) is 8.09. The van der Waals surface area contributed by atoms with Crippen LogP contribution in [-0.2, 0) is 9.59 Å². The number of likely N-dealkylation sites (tertiary alicyclic amines) is 1. The molecule has 3 heterocycles. The van der Waals surface area contributed by atoms with Gasteiger partial charge in [0.1, 0.15) is 0 Å². The Morgan fingerprint density at radius 3 is 2.92 bits per heavy atom. The van der Waals surface area contributed by atoms with Gasteiger partial charge in [0.15, 0.2) is 16.8 Å². The minimum absolute atomic E-state index is 0.0907. The van der Waals surface area contributed by atoms with Gasteiger partial charge in [-0.3, -0.25) is 19.3 Å². The molecule has 0 spiro atoms. The molecule has 1 atom stereocenters. The van der Waals surface area contributed by atoms with Crippen molar-refractivity contribution in [2.45, 2.75) is 43.8 Å². The van der Waals surface area contributed by atoms with E-state index in [9.17, 15) is 14.4 Å². The Morgan fingerprint density at radius 2 is 2.21 bits per heavy atom. The molecule has 8 heteroatoms. The SMILES string of the molecule is CCC(=O)N1CCC[C@@H](N2C(=O)CC(=O)c3cnc(SC)nc32)C1. The van der Waals surface area contributed by atoms with Crippen LogP contribution in [0.3, 0.4) is 0 Å². The summed E-state index contributed by atoms with van der Waals surface area (Å²) in [5, 5.41) is 0.526. The largest absolute Gasteiger partial charge is 0.341 e. The number of hydrogen-bond acceptors (Lipinski definition) is 6. The van der Waals surface area contributed by atoms with Gasteiger partial charge in [-0.15, -0.1) is 0 Å². The van der Waals surface area contributed by atoms with Gasteiger partial charge >= 0.3 is 0 Å². The highest BCUT2D eigenvalue weighted by Gasteiger charge is 2.38. The van der Waals surface area contributed by atoms with Crippen molar-refractivity contribution < 1.29 is 14.4 Å². The van der Waals surface area contributed by atoms with E-state index in [1.54, 1.807) is 9.80 Å². The lowest BCUT2D eigenvalue weighted by Crippen LogP contribution is -2.54. The van der Waals surface area contributed by atoms with Crippen molar-refractivity contribution in [1.82, 2.24) is 14.9 Å². The van der Waals surface area contributed by atoms with Crippen molar-refractivity contribution in [2.75, 3.05) is 24.2 Å². The summed E-state index contributed by atoms with van der Waals surface area (Å²) in [7, 11) is 0. The molecule has 0 bridgehead atoms. The molecule has 0 saturated carbocycles. The highest BCUT2D eigenvalue weighted by Crippen LogP contribution is 2.31. The van der Waals surface area contributed by atoms with Gasteiger partial charge in [-0.05, 0) is 19.1 Å². The van der Waals surface area contributed by atoms with Crippen LogP contribution in [0, 0.1) is 0 Å². The van der Waals surface area contributed by atoms with Crippen molar-refractivity contribution in [3.63, 3.8) is 0 Å². The topological polar surface area (TPSA) is 83.5 Å². The highest BCUT2D eigenvalue weighted by molar-refractivity contribution is 7.98. The van der Waals surface area contributed by atoms with E-state index in [0.717, 1.165) is 19.4 Å². The third kappa shape index (κ3) is 3.02. The van der Waals surface area contributed by atoms with Gasteiger partial charge in [0, 0.05) is 25.7 Å². The van der Waals surface area contributed by atoms with Crippen molar-refractivity contribution in [2.24, 2.45) is 0 Å². The Labute approximate surface area is 144 Å². The van der Waals surface area contributed by atoms with Gasteiger partial charge < -0.3 is 4.90 Å². The number of amides is 2. The summed E-state index contributed by atoms with van der Waals surface area (Å²) in [5.41, 5.74) is 0.395. The number of nitrogens with zero attached hydrogens (tertiary/aromatic N) is 4. The van der Waals surface area contributed by atoms with Crippen LogP contribution in [0.2, 0.25) is 0 Å². The first-order chi connectivity index (χ1) is 11.5. The maximum absolute atomic E-state index is 12.5. The normalized spacial score (nSPS) is 21.0. The lowest BCUT2D eigenvalue weighted by molar-refractivity contribution is -0.132. The second-order valence-electron chi connectivity index (χ2n) is 5.95. The number of carbonyl (C=O) groups excluding carboxylic acids is 3. The minimum Gasteiger partial charge on any atom is -0.341 e. The third-order valence-corrected chi connectivity index (χ3v) is 5.02. The van der Waals surface area contributed by atoms with E-state index < -0.39 is 0 Å². The number of fused-ring (bicyclic) bond motifs is 1. The zero-order valence-corrected chi connectivity index (χ0v) is 14.6. The van der Waals surface area contributed by atoms with Crippen LogP contribution in [0.5, 0.6) is 0 Å². The molecular weight excluding hydrogens is 328 g/mol. The van der Waals surface area contributed by atoms with E-state index in [-0.39, 0.29) is 30.1 Å². The number of ketones is 1. The maximum Gasteiger partial charge on any atom is 0.236 e. The summed E-state index contributed by atoms with van der Waals surface area (Å²) in [6, 6.07) is -0.141. The minimum atomic E-state index is -0.242. The number of Topliss-reactive ketones (excluding diaryl/α,β-unsaturated/α-hetero) is 1. The standard InChI is InChI=1S/C16H20N4O3S/c1-3-13(22)19-6-4-5-10(9-19)20-14(23)7-12(21)11-8-17-16(24-2)18-15(11)20/h8,10H,3-7,9H2,1-2H3/t10-/m1/s1. The molecule has 0 unspecified atom stereocenters. The fraction of sp³-hybridized carbons (Fsp3) is 0.562. The molecule has 0 radical (unpaired) electrons. The van der Waals surface area contributed by atoms with E-state index in [0.29, 0.717) is 29.5 Å². The summed E-state index contributed by atoms with van der Waals surface area (Å²) in [4.78, 5) is 48.7. The van der Waals surface area contributed by atoms with E-state index in [4.69, 9.17) is 0 Å². The van der Waals surface area contributed by atoms with Crippen LogP contribution in [0.25, 0.3) is 0 Å². The summed E-state index contributed by atoms with van der Waals surface area (Å²) in [6.45, 7) is 3.05. The Balaban J connectivity index is 1.95. The quantitative estimate of drug-likeness (QED) is 0.468. The Kier molecular flexibility index (Phi) is 4.84. The van der Waals surface area contributed by atoms with Gasteiger partial charge in [0.05, 0.1) is 18.0 Å². The number of piperidine rings is 1. The predicted molar refractivity (Wildman–Crippen MR) is 90.1 cm³/mol. The highest BCUT2D eigenvalue weighted by atomic mass is 32.2. The van der Waals surface area contributed by atoms with Crippen molar-refractivity contribution >= 4 is 35.2 Å². The van der Waals surface area contributed by atoms with Crippen molar-refractivity contribution in [3.8, 4) is 0 Å². The van der Waals surface area contributed by atoms with Crippen LogP contribution in [0.15, 0.2) is 11.4 Å².